The van der Waals surface area contributed by atoms with Gasteiger partial charge in [-0.3, -0.25) is 0 Å². The number of aliphatic carboxylic acids is 1. The molecule has 2 unspecified atom stereocenters. The number of hydrogen-bond donors (Lipinski definition) is 0. The average molecular weight is 171 g/mol. The Balaban J connectivity index is 2.30. The molecular formula is C9H15O3-. The van der Waals surface area contributed by atoms with Crippen molar-refractivity contribution in [1.29, 1.82) is 0 Å². The molecule has 0 aromatic rings. The molecule has 0 N–H and O–H groups in total. The lowest BCUT2D eigenvalue weighted by Gasteiger charge is -2.29. The number of ether oxygens (including phenoxy) is 1. The lowest BCUT2D eigenvalue weighted by atomic mass is 9.92. The maximum absolute atomic E-state index is 10.3. The average Bonchev–Trinajstić information content (AvgIpc) is 2.03. The van der Waals surface area contributed by atoms with Crippen molar-refractivity contribution in [2.24, 2.45) is 5.92 Å². The number of rotatable bonds is 3. The van der Waals surface area contributed by atoms with E-state index in [0.717, 1.165) is 19.3 Å². The fraction of sp³-hybridized carbons (Fsp3) is 0.889. The van der Waals surface area contributed by atoms with Gasteiger partial charge in [0.1, 0.15) is 0 Å². The summed E-state index contributed by atoms with van der Waals surface area (Å²) in [6, 6.07) is 0. The molecular weight excluding hydrogens is 156 g/mol. The molecule has 2 atom stereocenters. The number of carbonyl (C=O) groups is 1. The highest BCUT2D eigenvalue weighted by Crippen LogP contribution is 2.24. The smallest absolute Gasteiger partial charge is 0.0575 e. The monoisotopic (exact) mass is 171 g/mol. The second-order valence-corrected chi connectivity index (χ2v) is 3.37. The molecule has 1 aliphatic rings. The van der Waals surface area contributed by atoms with Crippen LogP contribution < -0.4 is 5.11 Å². The van der Waals surface area contributed by atoms with Crippen LogP contribution >= 0.6 is 0 Å². The molecule has 3 nitrogen and oxygen atoms in total. The van der Waals surface area contributed by atoms with Gasteiger partial charge in [0.2, 0.25) is 0 Å². The standard InChI is InChI=1S/C9H16O3/c1-2-8-5-7(3-4-12-8)6-9(10)11/h7-8H,2-6H2,1H3,(H,10,11)/p-1. The molecule has 0 amide bonds. The fourth-order valence-corrected chi connectivity index (χ4v) is 1.66. The van der Waals surface area contributed by atoms with Crippen LogP contribution in [0.3, 0.4) is 0 Å². The zero-order chi connectivity index (χ0) is 8.97. The van der Waals surface area contributed by atoms with Crippen molar-refractivity contribution in [3.05, 3.63) is 0 Å². The van der Waals surface area contributed by atoms with Gasteiger partial charge in [0.05, 0.1) is 6.10 Å². The van der Waals surface area contributed by atoms with Gasteiger partial charge in [-0.25, -0.2) is 0 Å². The maximum Gasteiger partial charge on any atom is 0.0575 e. The molecule has 1 aliphatic heterocycles. The summed E-state index contributed by atoms with van der Waals surface area (Å²) in [4.78, 5) is 10.3. The van der Waals surface area contributed by atoms with Crippen LogP contribution in [0.2, 0.25) is 0 Å². The van der Waals surface area contributed by atoms with Crippen molar-refractivity contribution < 1.29 is 14.6 Å². The summed E-state index contributed by atoms with van der Waals surface area (Å²) in [5, 5.41) is 10.3. The molecule has 3 heteroatoms. The van der Waals surface area contributed by atoms with Gasteiger partial charge in [0.15, 0.2) is 0 Å². The van der Waals surface area contributed by atoms with Crippen LogP contribution in [0.1, 0.15) is 32.6 Å². The number of carbonyl (C=O) groups excluding carboxylic acids is 1. The Kier molecular flexibility index (Phi) is 3.53. The Hall–Kier alpha value is -0.570. The summed E-state index contributed by atoms with van der Waals surface area (Å²) in [5.74, 6) is -0.662. The van der Waals surface area contributed by atoms with Gasteiger partial charge >= 0.3 is 0 Å². The van der Waals surface area contributed by atoms with E-state index in [9.17, 15) is 9.90 Å². The van der Waals surface area contributed by atoms with E-state index in [1.165, 1.54) is 0 Å². The molecule has 0 aromatic carbocycles. The lowest BCUT2D eigenvalue weighted by Crippen LogP contribution is -2.31. The highest BCUT2D eigenvalue weighted by Gasteiger charge is 2.20. The molecule has 1 heterocycles. The van der Waals surface area contributed by atoms with Crippen LogP contribution in [0, 0.1) is 5.92 Å². The Bertz CT molecular complexity index is 156. The minimum atomic E-state index is -0.934. The molecule has 0 aromatic heterocycles. The molecule has 0 radical (unpaired) electrons. The van der Waals surface area contributed by atoms with Crippen LogP contribution in [0.4, 0.5) is 0 Å². The van der Waals surface area contributed by atoms with E-state index >= 15 is 0 Å². The van der Waals surface area contributed by atoms with Gasteiger partial charge in [0, 0.05) is 12.6 Å². The Labute approximate surface area is 72.7 Å². The molecule has 12 heavy (non-hydrogen) atoms. The second-order valence-electron chi connectivity index (χ2n) is 3.37. The Morgan fingerprint density at radius 2 is 2.42 bits per heavy atom. The minimum Gasteiger partial charge on any atom is -0.550 e. The molecule has 1 saturated heterocycles. The minimum absolute atomic E-state index is 0.194. The Morgan fingerprint density at radius 3 is 3.00 bits per heavy atom. The summed E-state index contributed by atoms with van der Waals surface area (Å²) in [6.45, 7) is 2.77. The first-order chi connectivity index (χ1) is 5.72. The molecule has 0 aliphatic carbocycles. The van der Waals surface area contributed by atoms with Gasteiger partial charge < -0.3 is 14.6 Å². The van der Waals surface area contributed by atoms with Crippen molar-refractivity contribution >= 4 is 5.97 Å². The van der Waals surface area contributed by atoms with Gasteiger partial charge in [-0.15, -0.1) is 0 Å². The van der Waals surface area contributed by atoms with E-state index in [4.69, 9.17) is 4.74 Å². The van der Waals surface area contributed by atoms with Crippen LogP contribution in [-0.4, -0.2) is 18.7 Å². The van der Waals surface area contributed by atoms with E-state index in [1.54, 1.807) is 0 Å². The van der Waals surface area contributed by atoms with Crippen molar-refractivity contribution in [3.63, 3.8) is 0 Å². The first kappa shape index (κ1) is 9.52. The summed E-state index contributed by atoms with van der Waals surface area (Å²) < 4.78 is 5.43. The van der Waals surface area contributed by atoms with E-state index in [1.807, 2.05) is 0 Å². The third-order valence-electron chi connectivity index (χ3n) is 2.39. The molecule has 1 fully saturated rings. The number of hydrogen-bond acceptors (Lipinski definition) is 3. The van der Waals surface area contributed by atoms with Crippen LogP contribution in [0.15, 0.2) is 0 Å². The zero-order valence-corrected chi connectivity index (χ0v) is 7.41. The second kappa shape index (κ2) is 4.45. The molecule has 0 spiro atoms. The fourth-order valence-electron chi connectivity index (χ4n) is 1.66. The molecule has 70 valence electrons. The van der Waals surface area contributed by atoms with Crippen molar-refractivity contribution in [2.75, 3.05) is 6.61 Å². The zero-order valence-electron chi connectivity index (χ0n) is 7.41. The van der Waals surface area contributed by atoms with Crippen LogP contribution in [0.5, 0.6) is 0 Å². The summed E-state index contributed by atoms with van der Waals surface area (Å²) in [7, 11) is 0. The first-order valence-corrected chi connectivity index (χ1v) is 4.53. The Morgan fingerprint density at radius 1 is 1.67 bits per heavy atom. The highest BCUT2D eigenvalue weighted by molar-refractivity contribution is 5.64. The SMILES string of the molecule is CCC1CC(CC(=O)[O-])CCO1. The van der Waals surface area contributed by atoms with Gasteiger partial charge in [0.25, 0.3) is 0 Å². The quantitative estimate of drug-likeness (QED) is 0.615. The summed E-state index contributed by atoms with van der Waals surface area (Å²) in [6.07, 6.45) is 3.18. The van der Waals surface area contributed by atoms with Crippen molar-refractivity contribution in [2.45, 2.75) is 38.7 Å². The van der Waals surface area contributed by atoms with Crippen LogP contribution in [-0.2, 0) is 9.53 Å². The topological polar surface area (TPSA) is 49.4 Å². The molecule has 0 bridgehead atoms. The van der Waals surface area contributed by atoms with E-state index in [-0.39, 0.29) is 18.4 Å². The predicted octanol–water partition coefficient (Wildman–Crippen LogP) is 0.332. The number of carboxylic acid groups (broad SMARTS) is 1. The highest BCUT2D eigenvalue weighted by atomic mass is 16.5. The predicted molar refractivity (Wildman–Crippen MR) is 42.4 cm³/mol. The third kappa shape index (κ3) is 2.81. The first-order valence-electron chi connectivity index (χ1n) is 4.53. The largest absolute Gasteiger partial charge is 0.550 e. The lowest BCUT2D eigenvalue weighted by molar-refractivity contribution is -0.307. The van der Waals surface area contributed by atoms with E-state index in [2.05, 4.69) is 6.92 Å². The molecule has 1 rings (SSSR count). The van der Waals surface area contributed by atoms with E-state index in [0.29, 0.717) is 6.61 Å². The van der Waals surface area contributed by atoms with E-state index < -0.39 is 5.97 Å². The number of carboxylic acids is 1. The van der Waals surface area contributed by atoms with Gasteiger partial charge in [-0.05, 0) is 31.6 Å². The van der Waals surface area contributed by atoms with Crippen molar-refractivity contribution in [3.8, 4) is 0 Å². The van der Waals surface area contributed by atoms with Gasteiger partial charge in [-0.1, -0.05) is 6.92 Å². The van der Waals surface area contributed by atoms with Gasteiger partial charge in [-0.2, -0.15) is 0 Å². The summed E-state index contributed by atoms with van der Waals surface area (Å²) >= 11 is 0. The third-order valence-corrected chi connectivity index (χ3v) is 2.39. The normalized spacial score (nSPS) is 30.1. The maximum atomic E-state index is 10.3. The van der Waals surface area contributed by atoms with Crippen molar-refractivity contribution in [1.82, 2.24) is 0 Å². The van der Waals surface area contributed by atoms with Crippen LogP contribution in [0.25, 0.3) is 0 Å². The molecule has 0 saturated carbocycles. The summed E-state index contributed by atoms with van der Waals surface area (Å²) in [5.41, 5.74) is 0.